The summed E-state index contributed by atoms with van der Waals surface area (Å²) in [6, 6.07) is 9.41. The second-order valence-electron chi connectivity index (χ2n) is 5.75. The number of nitrogens with one attached hydrogen (secondary N) is 1. The predicted molar refractivity (Wildman–Crippen MR) is 75.8 cm³/mol. The topological polar surface area (TPSA) is 15.3 Å². The number of hydrogen-bond acceptors (Lipinski definition) is 2. The Morgan fingerprint density at radius 3 is 2.33 bits per heavy atom. The van der Waals surface area contributed by atoms with E-state index in [0.29, 0.717) is 0 Å². The maximum Gasteiger partial charge on any atom is 0.0233 e. The van der Waals surface area contributed by atoms with Crippen LogP contribution in [-0.2, 0) is 6.54 Å². The van der Waals surface area contributed by atoms with E-state index >= 15 is 0 Å². The average Bonchev–Trinajstić information content (AvgIpc) is 2.94. The Kier molecular flexibility index (Phi) is 3.96. The first-order valence-electron chi connectivity index (χ1n) is 7.44. The summed E-state index contributed by atoms with van der Waals surface area (Å²) in [4.78, 5) is 2.57. The summed E-state index contributed by atoms with van der Waals surface area (Å²) in [7, 11) is 0. The first kappa shape index (κ1) is 12.2. The van der Waals surface area contributed by atoms with E-state index in [0.717, 1.165) is 12.5 Å². The van der Waals surface area contributed by atoms with Gasteiger partial charge >= 0.3 is 0 Å². The van der Waals surface area contributed by atoms with Crippen LogP contribution in [-0.4, -0.2) is 31.1 Å². The van der Waals surface area contributed by atoms with E-state index in [-0.39, 0.29) is 0 Å². The molecule has 0 aromatic heterocycles. The third-order valence-electron chi connectivity index (χ3n) is 4.40. The van der Waals surface area contributed by atoms with Crippen LogP contribution in [0.25, 0.3) is 0 Å². The van der Waals surface area contributed by atoms with E-state index in [1.165, 1.54) is 57.4 Å². The summed E-state index contributed by atoms with van der Waals surface area (Å²) in [6.45, 7) is 6.08. The van der Waals surface area contributed by atoms with Crippen LogP contribution in [0.4, 0.5) is 0 Å². The van der Waals surface area contributed by atoms with Gasteiger partial charge in [-0.3, -0.25) is 4.90 Å². The zero-order chi connectivity index (χ0) is 12.2. The molecule has 0 spiro atoms. The van der Waals surface area contributed by atoms with Crippen molar-refractivity contribution in [2.45, 2.75) is 38.1 Å². The van der Waals surface area contributed by atoms with Gasteiger partial charge in [0.05, 0.1) is 0 Å². The van der Waals surface area contributed by atoms with E-state index in [4.69, 9.17) is 0 Å². The molecule has 0 atom stereocenters. The molecule has 0 aliphatic carbocycles. The maximum absolute atomic E-state index is 3.44. The Bertz CT molecular complexity index is 359. The highest BCUT2D eigenvalue weighted by Crippen LogP contribution is 2.25. The first-order valence-corrected chi connectivity index (χ1v) is 7.44. The zero-order valence-electron chi connectivity index (χ0n) is 11.2. The summed E-state index contributed by atoms with van der Waals surface area (Å²) >= 11 is 0. The van der Waals surface area contributed by atoms with Crippen LogP contribution in [0.5, 0.6) is 0 Å². The fraction of sp³-hybridized carbons (Fsp3) is 0.625. The molecule has 2 fully saturated rings. The van der Waals surface area contributed by atoms with Crippen LogP contribution in [0, 0.1) is 0 Å². The van der Waals surface area contributed by atoms with Crippen molar-refractivity contribution >= 4 is 0 Å². The number of nitrogens with zero attached hydrogens (tertiary/aromatic N) is 1. The zero-order valence-corrected chi connectivity index (χ0v) is 11.2. The van der Waals surface area contributed by atoms with Gasteiger partial charge in [0.25, 0.3) is 0 Å². The molecule has 2 aliphatic heterocycles. The maximum atomic E-state index is 3.44. The lowest BCUT2D eigenvalue weighted by Gasteiger charge is -2.23. The Hall–Kier alpha value is -0.860. The molecule has 98 valence electrons. The molecule has 0 saturated carbocycles. The molecule has 2 nitrogen and oxygen atoms in total. The fourth-order valence-corrected chi connectivity index (χ4v) is 3.25. The van der Waals surface area contributed by atoms with Crippen LogP contribution < -0.4 is 5.32 Å². The van der Waals surface area contributed by atoms with Gasteiger partial charge in [0, 0.05) is 6.54 Å². The molecular formula is C16H24N2. The van der Waals surface area contributed by atoms with E-state index in [1.807, 2.05) is 0 Å². The summed E-state index contributed by atoms with van der Waals surface area (Å²) in [6.07, 6.45) is 5.36. The monoisotopic (exact) mass is 244 g/mol. The molecule has 1 aromatic rings. The summed E-state index contributed by atoms with van der Waals surface area (Å²) in [5.41, 5.74) is 3.02. The third-order valence-corrected chi connectivity index (χ3v) is 4.40. The number of piperidine rings is 1. The third kappa shape index (κ3) is 2.93. The second-order valence-corrected chi connectivity index (χ2v) is 5.75. The van der Waals surface area contributed by atoms with Gasteiger partial charge < -0.3 is 5.32 Å². The minimum absolute atomic E-state index is 0.784. The summed E-state index contributed by atoms with van der Waals surface area (Å²) in [5, 5.41) is 3.44. The average molecular weight is 244 g/mol. The number of hydrogen-bond donors (Lipinski definition) is 1. The molecule has 0 radical (unpaired) electrons. The molecular weight excluding hydrogens is 220 g/mol. The first-order chi connectivity index (χ1) is 8.92. The molecule has 0 unspecified atom stereocenters. The minimum Gasteiger partial charge on any atom is -0.317 e. The van der Waals surface area contributed by atoms with Crippen LogP contribution in [0.15, 0.2) is 24.3 Å². The number of likely N-dealkylation sites (tertiary alicyclic amines) is 1. The molecule has 3 rings (SSSR count). The van der Waals surface area contributed by atoms with Gasteiger partial charge in [0.15, 0.2) is 0 Å². The fourth-order valence-electron chi connectivity index (χ4n) is 3.25. The Morgan fingerprint density at radius 1 is 1.00 bits per heavy atom. The van der Waals surface area contributed by atoms with E-state index in [1.54, 1.807) is 5.56 Å². The van der Waals surface area contributed by atoms with Gasteiger partial charge in [-0.05, 0) is 68.9 Å². The van der Waals surface area contributed by atoms with Gasteiger partial charge in [0.1, 0.15) is 0 Å². The lowest BCUT2D eigenvalue weighted by atomic mass is 9.90. The molecule has 2 aliphatic rings. The van der Waals surface area contributed by atoms with E-state index in [9.17, 15) is 0 Å². The van der Waals surface area contributed by atoms with Crippen molar-refractivity contribution in [1.29, 1.82) is 0 Å². The van der Waals surface area contributed by atoms with Gasteiger partial charge in [-0.2, -0.15) is 0 Å². The highest BCUT2D eigenvalue weighted by atomic mass is 15.1. The predicted octanol–water partition coefficient (Wildman–Crippen LogP) is 2.75. The minimum atomic E-state index is 0.784. The van der Waals surface area contributed by atoms with Crippen LogP contribution in [0.1, 0.15) is 42.7 Å². The molecule has 2 heteroatoms. The highest BCUT2D eigenvalue weighted by molar-refractivity contribution is 5.26. The molecule has 18 heavy (non-hydrogen) atoms. The summed E-state index contributed by atoms with van der Waals surface area (Å²) in [5.74, 6) is 0.784. The standard InChI is InChI=1S/C16H24N2/c1-2-12-18(11-1)13-14-3-5-15(6-4-14)16-7-9-17-10-8-16/h3-6,16-17H,1-2,7-13H2. The SMILES string of the molecule is c1cc(C2CCNCC2)ccc1CN1CCCC1. The molecule has 2 saturated heterocycles. The second kappa shape index (κ2) is 5.85. The van der Waals surface area contributed by atoms with Gasteiger partial charge in [0.2, 0.25) is 0 Å². The van der Waals surface area contributed by atoms with Crippen LogP contribution >= 0.6 is 0 Å². The lowest BCUT2D eigenvalue weighted by molar-refractivity contribution is 0.331. The Labute approximate surface area is 110 Å². The van der Waals surface area contributed by atoms with E-state index < -0.39 is 0 Å². The molecule has 2 heterocycles. The Balaban J connectivity index is 1.60. The van der Waals surface area contributed by atoms with Crippen molar-refractivity contribution in [3.8, 4) is 0 Å². The summed E-state index contributed by atoms with van der Waals surface area (Å²) < 4.78 is 0. The van der Waals surface area contributed by atoms with Crippen LogP contribution in [0.3, 0.4) is 0 Å². The van der Waals surface area contributed by atoms with Crippen molar-refractivity contribution in [3.63, 3.8) is 0 Å². The van der Waals surface area contributed by atoms with Gasteiger partial charge in [-0.25, -0.2) is 0 Å². The van der Waals surface area contributed by atoms with Crippen molar-refractivity contribution in [1.82, 2.24) is 10.2 Å². The molecule has 0 amide bonds. The number of rotatable bonds is 3. The van der Waals surface area contributed by atoms with Crippen molar-refractivity contribution in [2.24, 2.45) is 0 Å². The van der Waals surface area contributed by atoms with Gasteiger partial charge in [-0.1, -0.05) is 24.3 Å². The van der Waals surface area contributed by atoms with E-state index in [2.05, 4.69) is 34.5 Å². The van der Waals surface area contributed by atoms with Crippen molar-refractivity contribution in [3.05, 3.63) is 35.4 Å². The lowest BCUT2D eigenvalue weighted by Crippen LogP contribution is -2.26. The van der Waals surface area contributed by atoms with Crippen molar-refractivity contribution in [2.75, 3.05) is 26.2 Å². The van der Waals surface area contributed by atoms with Crippen molar-refractivity contribution < 1.29 is 0 Å². The van der Waals surface area contributed by atoms with Gasteiger partial charge in [-0.15, -0.1) is 0 Å². The van der Waals surface area contributed by atoms with Crippen LogP contribution in [0.2, 0.25) is 0 Å². The largest absolute Gasteiger partial charge is 0.317 e. The molecule has 0 bridgehead atoms. The number of benzene rings is 1. The quantitative estimate of drug-likeness (QED) is 0.879. The molecule has 1 aromatic carbocycles. The molecule has 1 N–H and O–H groups in total. The normalized spacial score (nSPS) is 22.4. The smallest absolute Gasteiger partial charge is 0.0233 e. The Morgan fingerprint density at radius 2 is 1.67 bits per heavy atom. The highest BCUT2D eigenvalue weighted by Gasteiger charge is 2.15.